The fourth-order valence-electron chi connectivity index (χ4n) is 2.57. The maximum absolute atomic E-state index is 5.62. The molecule has 1 aliphatic rings. The maximum Gasteiger partial charge on any atom is 0.0638 e. The van der Waals surface area contributed by atoms with Crippen LogP contribution in [0, 0.1) is 11.8 Å². The van der Waals surface area contributed by atoms with Crippen LogP contribution in [0.4, 0.5) is 0 Å². The first-order chi connectivity index (χ1) is 6.81. The molecule has 1 aromatic heterocycles. The molecule has 0 aliphatic heterocycles. The smallest absolute Gasteiger partial charge is 0.0638 e. The Labute approximate surface area is 85.0 Å². The van der Waals surface area contributed by atoms with Gasteiger partial charge in [0.05, 0.1) is 6.04 Å². The first-order valence-corrected chi connectivity index (χ1v) is 5.40. The van der Waals surface area contributed by atoms with Crippen molar-refractivity contribution in [3.05, 3.63) is 24.0 Å². The molecule has 3 atom stereocenters. The number of H-pyrrole nitrogens is 1. The summed E-state index contributed by atoms with van der Waals surface area (Å²) in [5.41, 5.74) is 4.15. The summed E-state index contributed by atoms with van der Waals surface area (Å²) < 4.78 is 0. The number of aromatic nitrogens is 1. The molecule has 3 heteroatoms. The van der Waals surface area contributed by atoms with Crippen molar-refractivity contribution in [2.24, 2.45) is 17.7 Å². The van der Waals surface area contributed by atoms with E-state index in [1.165, 1.54) is 25.0 Å². The molecular formula is C11H19N3. The van der Waals surface area contributed by atoms with Crippen molar-refractivity contribution < 1.29 is 0 Å². The average molecular weight is 193 g/mol. The molecule has 0 spiro atoms. The van der Waals surface area contributed by atoms with Crippen molar-refractivity contribution in [3.63, 3.8) is 0 Å². The lowest BCUT2D eigenvalue weighted by atomic mass is 9.95. The highest BCUT2D eigenvalue weighted by Gasteiger charge is 2.29. The van der Waals surface area contributed by atoms with Crippen LogP contribution in [0.3, 0.4) is 0 Å². The number of nitrogens with two attached hydrogens (primary N) is 1. The minimum atomic E-state index is 0.301. The number of rotatable bonds is 3. The first kappa shape index (κ1) is 9.74. The van der Waals surface area contributed by atoms with Crippen LogP contribution in [0.5, 0.6) is 0 Å². The molecule has 14 heavy (non-hydrogen) atoms. The Morgan fingerprint density at radius 1 is 1.57 bits per heavy atom. The van der Waals surface area contributed by atoms with E-state index < -0.39 is 0 Å². The molecule has 1 saturated carbocycles. The van der Waals surface area contributed by atoms with Crippen LogP contribution in [0.25, 0.3) is 0 Å². The zero-order chi connectivity index (χ0) is 9.97. The van der Waals surface area contributed by atoms with E-state index in [1.54, 1.807) is 0 Å². The number of aromatic amines is 1. The van der Waals surface area contributed by atoms with Gasteiger partial charge in [-0.3, -0.25) is 11.3 Å². The number of hydrazine groups is 1. The zero-order valence-electron chi connectivity index (χ0n) is 8.66. The molecule has 0 saturated heterocycles. The molecule has 3 nitrogen and oxygen atoms in total. The molecule has 0 aromatic carbocycles. The summed E-state index contributed by atoms with van der Waals surface area (Å²) in [5, 5.41) is 0. The summed E-state index contributed by atoms with van der Waals surface area (Å²) >= 11 is 0. The van der Waals surface area contributed by atoms with Crippen molar-refractivity contribution >= 4 is 0 Å². The van der Waals surface area contributed by atoms with Crippen LogP contribution in [-0.4, -0.2) is 4.98 Å². The standard InChI is InChI=1S/C11H19N3/c1-8-4-5-9(7-8)11(14-12)10-3-2-6-13-10/h2-3,6,8-9,11,13-14H,4-5,7,12H2,1H3. The predicted molar refractivity (Wildman–Crippen MR) is 57.4 cm³/mol. The van der Waals surface area contributed by atoms with Gasteiger partial charge in [0.1, 0.15) is 0 Å². The number of hydrogen-bond donors (Lipinski definition) is 3. The van der Waals surface area contributed by atoms with Gasteiger partial charge in [-0.2, -0.15) is 0 Å². The molecule has 2 rings (SSSR count). The van der Waals surface area contributed by atoms with E-state index in [9.17, 15) is 0 Å². The predicted octanol–water partition coefficient (Wildman–Crippen LogP) is 1.96. The molecule has 1 aromatic rings. The zero-order valence-corrected chi connectivity index (χ0v) is 8.66. The van der Waals surface area contributed by atoms with E-state index >= 15 is 0 Å². The first-order valence-electron chi connectivity index (χ1n) is 5.40. The van der Waals surface area contributed by atoms with Gasteiger partial charge in [-0.05, 0) is 36.8 Å². The summed E-state index contributed by atoms with van der Waals surface area (Å²) in [4.78, 5) is 3.24. The van der Waals surface area contributed by atoms with Crippen molar-refractivity contribution in [1.29, 1.82) is 0 Å². The summed E-state index contributed by atoms with van der Waals surface area (Å²) in [6.45, 7) is 2.32. The molecule has 78 valence electrons. The topological polar surface area (TPSA) is 53.8 Å². The molecular weight excluding hydrogens is 174 g/mol. The van der Waals surface area contributed by atoms with Crippen molar-refractivity contribution in [1.82, 2.24) is 10.4 Å². The average Bonchev–Trinajstić information content (AvgIpc) is 2.79. The third-order valence-electron chi connectivity index (χ3n) is 3.34. The largest absolute Gasteiger partial charge is 0.364 e. The van der Waals surface area contributed by atoms with E-state index in [2.05, 4.69) is 23.4 Å². The van der Waals surface area contributed by atoms with E-state index in [1.807, 2.05) is 12.3 Å². The van der Waals surface area contributed by atoms with Crippen LogP contribution in [0.2, 0.25) is 0 Å². The quantitative estimate of drug-likeness (QED) is 0.507. The molecule has 0 amide bonds. The fraction of sp³-hybridized carbons (Fsp3) is 0.636. The Morgan fingerprint density at radius 2 is 2.43 bits per heavy atom. The maximum atomic E-state index is 5.62. The Balaban J connectivity index is 2.07. The van der Waals surface area contributed by atoms with Crippen LogP contribution in [0.15, 0.2) is 18.3 Å². The Kier molecular flexibility index (Phi) is 2.89. The van der Waals surface area contributed by atoms with Gasteiger partial charge >= 0.3 is 0 Å². The Hall–Kier alpha value is -0.800. The van der Waals surface area contributed by atoms with Gasteiger partial charge in [0.2, 0.25) is 0 Å². The third kappa shape index (κ3) is 1.83. The summed E-state index contributed by atoms with van der Waals surface area (Å²) in [5.74, 6) is 7.16. The van der Waals surface area contributed by atoms with E-state index in [-0.39, 0.29) is 0 Å². The lowest BCUT2D eigenvalue weighted by Gasteiger charge is -2.21. The molecule has 1 aliphatic carbocycles. The molecule has 4 N–H and O–H groups in total. The normalized spacial score (nSPS) is 29.3. The summed E-state index contributed by atoms with van der Waals surface area (Å²) in [6, 6.07) is 4.43. The number of nitrogens with one attached hydrogen (secondary N) is 2. The molecule has 1 fully saturated rings. The molecule has 0 radical (unpaired) electrons. The van der Waals surface area contributed by atoms with E-state index in [0.717, 1.165) is 5.92 Å². The van der Waals surface area contributed by atoms with Gasteiger partial charge in [0.25, 0.3) is 0 Å². The van der Waals surface area contributed by atoms with Crippen LogP contribution in [0.1, 0.15) is 37.9 Å². The van der Waals surface area contributed by atoms with Gasteiger partial charge in [-0.25, -0.2) is 0 Å². The second kappa shape index (κ2) is 4.15. The van der Waals surface area contributed by atoms with Crippen LogP contribution in [-0.2, 0) is 0 Å². The molecule has 3 unspecified atom stereocenters. The molecule has 1 heterocycles. The van der Waals surface area contributed by atoms with Crippen molar-refractivity contribution in [2.75, 3.05) is 0 Å². The highest BCUT2D eigenvalue weighted by atomic mass is 15.2. The van der Waals surface area contributed by atoms with E-state index in [0.29, 0.717) is 12.0 Å². The van der Waals surface area contributed by atoms with Crippen molar-refractivity contribution in [3.8, 4) is 0 Å². The summed E-state index contributed by atoms with van der Waals surface area (Å²) in [7, 11) is 0. The SMILES string of the molecule is CC1CCC(C(NN)c2ccc[nH]2)C1. The Morgan fingerprint density at radius 3 is 2.93 bits per heavy atom. The van der Waals surface area contributed by atoms with Gasteiger partial charge in [0.15, 0.2) is 0 Å². The highest BCUT2D eigenvalue weighted by Crippen LogP contribution is 2.37. The number of hydrogen-bond acceptors (Lipinski definition) is 2. The fourth-order valence-corrected chi connectivity index (χ4v) is 2.57. The van der Waals surface area contributed by atoms with E-state index in [4.69, 9.17) is 5.84 Å². The monoisotopic (exact) mass is 193 g/mol. The minimum absolute atomic E-state index is 0.301. The lowest BCUT2D eigenvalue weighted by Crippen LogP contribution is -2.33. The lowest BCUT2D eigenvalue weighted by molar-refractivity contribution is 0.358. The van der Waals surface area contributed by atoms with Crippen molar-refractivity contribution in [2.45, 2.75) is 32.2 Å². The minimum Gasteiger partial charge on any atom is -0.364 e. The van der Waals surface area contributed by atoms with Crippen LogP contribution < -0.4 is 11.3 Å². The van der Waals surface area contributed by atoms with Gasteiger partial charge in [-0.15, -0.1) is 0 Å². The van der Waals surface area contributed by atoms with Crippen LogP contribution >= 0.6 is 0 Å². The third-order valence-corrected chi connectivity index (χ3v) is 3.34. The van der Waals surface area contributed by atoms with Gasteiger partial charge in [0, 0.05) is 11.9 Å². The second-order valence-corrected chi connectivity index (χ2v) is 4.45. The summed E-state index contributed by atoms with van der Waals surface area (Å²) in [6.07, 6.45) is 5.87. The second-order valence-electron chi connectivity index (χ2n) is 4.45. The van der Waals surface area contributed by atoms with Gasteiger partial charge in [-0.1, -0.05) is 13.3 Å². The Bertz CT molecular complexity index is 268. The van der Waals surface area contributed by atoms with Gasteiger partial charge < -0.3 is 4.98 Å². The molecule has 0 bridgehead atoms. The highest BCUT2D eigenvalue weighted by molar-refractivity contribution is 5.10.